The summed E-state index contributed by atoms with van der Waals surface area (Å²) in [6.45, 7) is 3.85. The van der Waals surface area contributed by atoms with Crippen LogP contribution in [-0.4, -0.2) is 30.3 Å². The largest absolute Gasteiger partial charge is 0.365 e. The summed E-state index contributed by atoms with van der Waals surface area (Å²) in [7, 11) is 1.79. The number of Topliss-reactive ketones (excluding diaryl/α,β-unsaturated/α-hetero) is 1. The Labute approximate surface area is 133 Å². The second kappa shape index (κ2) is 5.53. The zero-order chi connectivity index (χ0) is 15.9. The monoisotopic (exact) mass is 315 g/mol. The smallest absolute Gasteiger partial charge is 0.223 e. The van der Waals surface area contributed by atoms with Crippen LogP contribution in [0.25, 0.3) is 11.3 Å². The van der Waals surface area contributed by atoms with E-state index in [0.717, 1.165) is 28.4 Å². The number of aromatic nitrogens is 1. The van der Waals surface area contributed by atoms with Crippen molar-refractivity contribution in [3.05, 3.63) is 28.6 Å². The Morgan fingerprint density at radius 3 is 2.73 bits per heavy atom. The lowest BCUT2D eigenvalue weighted by Gasteiger charge is -2.14. The van der Waals surface area contributed by atoms with Gasteiger partial charge in [0, 0.05) is 38.7 Å². The SMILES string of the molecule is CNc1nc(-c2ccc3c(c2)CCN3C(C)=O)c(C(C)=O)s1. The van der Waals surface area contributed by atoms with Crippen molar-refractivity contribution >= 4 is 33.8 Å². The highest BCUT2D eigenvalue weighted by Crippen LogP contribution is 2.36. The predicted octanol–water partition coefficient (Wildman–Crippen LogP) is 2.96. The first-order valence-electron chi connectivity index (χ1n) is 7.12. The van der Waals surface area contributed by atoms with Crippen LogP contribution in [0.3, 0.4) is 0 Å². The Hall–Kier alpha value is -2.21. The van der Waals surface area contributed by atoms with Gasteiger partial charge in [0.15, 0.2) is 10.9 Å². The van der Waals surface area contributed by atoms with Gasteiger partial charge < -0.3 is 10.2 Å². The first-order chi connectivity index (χ1) is 10.5. The molecule has 6 heteroatoms. The van der Waals surface area contributed by atoms with Crippen molar-refractivity contribution in [3.63, 3.8) is 0 Å². The fraction of sp³-hybridized carbons (Fsp3) is 0.312. The number of carbonyl (C=O) groups excluding carboxylic acids is 2. The van der Waals surface area contributed by atoms with Crippen LogP contribution in [0.2, 0.25) is 0 Å². The molecule has 2 aromatic rings. The van der Waals surface area contributed by atoms with E-state index in [-0.39, 0.29) is 11.7 Å². The van der Waals surface area contributed by atoms with Gasteiger partial charge in [0.05, 0.1) is 10.6 Å². The second-order valence-corrected chi connectivity index (χ2v) is 6.27. The Morgan fingerprint density at radius 2 is 2.09 bits per heavy atom. The molecule has 2 heterocycles. The molecule has 1 aliphatic heterocycles. The molecule has 1 aromatic carbocycles. The van der Waals surface area contributed by atoms with Crippen molar-refractivity contribution in [2.24, 2.45) is 0 Å². The van der Waals surface area contributed by atoms with Crippen molar-refractivity contribution in [1.82, 2.24) is 4.98 Å². The molecule has 0 spiro atoms. The molecule has 0 fully saturated rings. The Morgan fingerprint density at radius 1 is 1.32 bits per heavy atom. The number of carbonyl (C=O) groups is 2. The van der Waals surface area contributed by atoms with Gasteiger partial charge in [0.25, 0.3) is 0 Å². The maximum Gasteiger partial charge on any atom is 0.223 e. The maximum absolute atomic E-state index is 11.8. The van der Waals surface area contributed by atoms with Crippen molar-refractivity contribution in [1.29, 1.82) is 0 Å². The van der Waals surface area contributed by atoms with Gasteiger partial charge in [0.2, 0.25) is 5.91 Å². The summed E-state index contributed by atoms with van der Waals surface area (Å²) in [6.07, 6.45) is 0.835. The maximum atomic E-state index is 11.8. The fourth-order valence-electron chi connectivity index (χ4n) is 2.74. The molecule has 1 aliphatic rings. The van der Waals surface area contributed by atoms with Gasteiger partial charge in [0.1, 0.15) is 0 Å². The van der Waals surface area contributed by atoms with E-state index in [1.165, 1.54) is 11.3 Å². The van der Waals surface area contributed by atoms with Gasteiger partial charge in [-0.25, -0.2) is 4.98 Å². The summed E-state index contributed by atoms with van der Waals surface area (Å²) in [5.74, 6) is 0.0712. The molecular weight excluding hydrogens is 298 g/mol. The number of fused-ring (bicyclic) bond motifs is 1. The van der Waals surface area contributed by atoms with E-state index < -0.39 is 0 Å². The highest BCUT2D eigenvalue weighted by Gasteiger charge is 2.24. The average Bonchev–Trinajstić information content (AvgIpc) is 3.10. The van der Waals surface area contributed by atoms with Crippen LogP contribution in [0.4, 0.5) is 10.8 Å². The number of ketones is 1. The number of benzene rings is 1. The minimum atomic E-state index is 0.0138. The number of amides is 1. The van der Waals surface area contributed by atoms with Crippen molar-refractivity contribution in [2.45, 2.75) is 20.3 Å². The van der Waals surface area contributed by atoms with Gasteiger partial charge in [-0.15, -0.1) is 0 Å². The number of anilines is 2. The van der Waals surface area contributed by atoms with E-state index in [1.807, 2.05) is 18.2 Å². The van der Waals surface area contributed by atoms with Crippen LogP contribution in [0.15, 0.2) is 18.2 Å². The lowest BCUT2D eigenvalue weighted by Crippen LogP contribution is -2.25. The van der Waals surface area contributed by atoms with Crippen LogP contribution in [0.5, 0.6) is 0 Å². The zero-order valence-electron chi connectivity index (χ0n) is 12.8. The molecule has 1 aromatic heterocycles. The molecule has 22 heavy (non-hydrogen) atoms. The van der Waals surface area contributed by atoms with Crippen LogP contribution in [-0.2, 0) is 11.2 Å². The molecule has 1 N–H and O–H groups in total. The molecule has 0 saturated heterocycles. The number of hydrogen-bond donors (Lipinski definition) is 1. The first kappa shape index (κ1) is 14.7. The normalized spacial score (nSPS) is 13.1. The van der Waals surface area contributed by atoms with Crippen LogP contribution in [0, 0.1) is 0 Å². The Bertz CT molecular complexity index is 767. The minimum absolute atomic E-state index is 0.0138. The quantitative estimate of drug-likeness (QED) is 0.885. The number of rotatable bonds is 3. The third kappa shape index (κ3) is 2.39. The first-order valence-corrected chi connectivity index (χ1v) is 7.94. The number of nitrogens with one attached hydrogen (secondary N) is 1. The van der Waals surface area contributed by atoms with Gasteiger partial charge in [-0.2, -0.15) is 0 Å². The molecule has 0 aliphatic carbocycles. The molecule has 0 saturated carbocycles. The van der Waals surface area contributed by atoms with Crippen LogP contribution >= 0.6 is 11.3 Å². The molecule has 114 valence electrons. The van der Waals surface area contributed by atoms with E-state index in [1.54, 1.807) is 25.8 Å². The van der Waals surface area contributed by atoms with E-state index in [2.05, 4.69) is 10.3 Å². The van der Waals surface area contributed by atoms with Gasteiger partial charge in [-0.05, 0) is 24.1 Å². The molecule has 1 amide bonds. The Balaban J connectivity index is 2.06. The summed E-state index contributed by atoms with van der Waals surface area (Å²) in [6, 6.07) is 5.92. The standard InChI is InChI=1S/C16H17N3O2S/c1-9(20)15-14(18-16(17-3)22-15)12-4-5-13-11(8-12)6-7-19(13)10(2)21/h4-5,8H,6-7H2,1-3H3,(H,17,18). The number of thiazole rings is 1. The highest BCUT2D eigenvalue weighted by atomic mass is 32.1. The van der Waals surface area contributed by atoms with Crippen LogP contribution in [0.1, 0.15) is 29.1 Å². The van der Waals surface area contributed by atoms with Gasteiger partial charge in [-0.1, -0.05) is 17.4 Å². The summed E-state index contributed by atoms with van der Waals surface area (Å²) in [5, 5.41) is 3.72. The van der Waals surface area contributed by atoms with Crippen molar-refractivity contribution < 1.29 is 9.59 Å². The zero-order valence-corrected chi connectivity index (χ0v) is 13.6. The van der Waals surface area contributed by atoms with E-state index >= 15 is 0 Å². The molecule has 5 nitrogen and oxygen atoms in total. The van der Waals surface area contributed by atoms with Gasteiger partial charge >= 0.3 is 0 Å². The van der Waals surface area contributed by atoms with Gasteiger partial charge in [-0.3, -0.25) is 9.59 Å². The van der Waals surface area contributed by atoms with E-state index in [0.29, 0.717) is 17.1 Å². The van der Waals surface area contributed by atoms with Crippen molar-refractivity contribution in [2.75, 3.05) is 23.8 Å². The fourth-order valence-corrected chi connectivity index (χ4v) is 3.57. The van der Waals surface area contributed by atoms with Crippen LogP contribution < -0.4 is 10.2 Å². The lowest BCUT2D eigenvalue weighted by molar-refractivity contribution is -0.116. The second-order valence-electron chi connectivity index (χ2n) is 5.27. The summed E-state index contributed by atoms with van der Waals surface area (Å²) in [5.41, 5.74) is 3.73. The van der Waals surface area contributed by atoms with Crippen molar-refractivity contribution in [3.8, 4) is 11.3 Å². The Kier molecular flexibility index (Phi) is 3.70. The molecule has 0 atom stereocenters. The lowest BCUT2D eigenvalue weighted by atomic mass is 10.0. The average molecular weight is 315 g/mol. The summed E-state index contributed by atoms with van der Waals surface area (Å²) in [4.78, 5) is 30.4. The molecule has 0 unspecified atom stereocenters. The molecule has 0 radical (unpaired) electrons. The third-order valence-electron chi connectivity index (χ3n) is 3.79. The molecule has 3 rings (SSSR count). The predicted molar refractivity (Wildman–Crippen MR) is 88.8 cm³/mol. The third-order valence-corrected chi connectivity index (χ3v) is 4.96. The highest BCUT2D eigenvalue weighted by molar-refractivity contribution is 7.18. The number of hydrogen-bond acceptors (Lipinski definition) is 5. The minimum Gasteiger partial charge on any atom is -0.365 e. The molecular formula is C16H17N3O2S. The topological polar surface area (TPSA) is 62.3 Å². The van der Waals surface area contributed by atoms with E-state index in [4.69, 9.17) is 0 Å². The summed E-state index contributed by atoms with van der Waals surface area (Å²) < 4.78 is 0. The molecule has 0 bridgehead atoms. The van der Waals surface area contributed by atoms with E-state index in [9.17, 15) is 9.59 Å². The number of nitrogens with zero attached hydrogens (tertiary/aromatic N) is 2. The summed E-state index contributed by atoms with van der Waals surface area (Å²) >= 11 is 1.36.